The molecule has 18 heavy (non-hydrogen) atoms. The van der Waals surface area contributed by atoms with Crippen molar-refractivity contribution in [3.05, 3.63) is 40.5 Å². The summed E-state index contributed by atoms with van der Waals surface area (Å²) in [5.41, 5.74) is 3.94. The number of thiophene rings is 1. The number of fused-ring (bicyclic) bond motifs is 1. The van der Waals surface area contributed by atoms with Crippen LogP contribution >= 0.6 is 22.9 Å². The van der Waals surface area contributed by atoms with Crippen LogP contribution in [0.3, 0.4) is 0 Å². The maximum Gasteiger partial charge on any atom is 0.164 e. The predicted molar refractivity (Wildman–Crippen MR) is 75.9 cm³/mol. The van der Waals surface area contributed by atoms with E-state index in [1.165, 1.54) is 0 Å². The summed E-state index contributed by atoms with van der Waals surface area (Å²) in [6.45, 7) is 1.99. The molecule has 0 N–H and O–H groups in total. The van der Waals surface area contributed by atoms with Gasteiger partial charge in [-0.2, -0.15) is 11.3 Å². The molecule has 0 fully saturated rings. The average molecular weight is 278 g/mol. The summed E-state index contributed by atoms with van der Waals surface area (Å²) in [7, 11) is 0. The summed E-state index contributed by atoms with van der Waals surface area (Å²) in [6, 6.07) is 6.07. The second kappa shape index (κ2) is 4.71. The zero-order chi connectivity index (χ0) is 12.5. The van der Waals surface area contributed by atoms with Gasteiger partial charge in [0, 0.05) is 23.4 Å². The topological polar surface area (TPSA) is 30.7 Å². The highest BCUT2D eigenvalue weighted by molar-refractivity contribution is 7.08. The number of hydrogen-bond acceptors (Lipinski definition) is 3. The molecule has 0 aromatic carbocycles. The Morgan fingerprint density at radius 1 is 1.28 bits per heavy atom. The first-order chi connectivity index (χ1) is 8.79. The minimum atomic E-state index is 0.562. The van der Waals surface area contributed by atoms with Crippen molar-refractivity contribution in [1.82, 2.24) is 14.5 Å². The Bertz CT molecular complexity index is 673. The van der Waals surface area contributed by atoms with Crippen molar-refractivity contribution < 1.29 is 0 Å². The van der Waals surface area contributed by atoms with E-state index in [1.807, 2.05) is 19.1 Å². The smallest absolute Gasteiger partial charge is 0.164 e. The van der Waals surface area contributed by atoms with Crippen LogP contribution in [0.2, 0.25) is 0 Å². The van der Waals surface area contributed by atoms with Gasteiger partial charge in [0.05, 0.1) is 5.69 Å². The molecule has 3 aromatic heterocycles. The van der Waals surface area contributed by atoms with E-state index < -0.39 is 0 Å². The van der Waals surface area contributed by atoms with Crippen molar-refractivity contribution >= 4 is 34.1 Å². The van der Waals surface area contributed by atoms with E-state index >= 15 is 0 Å². The Hall–Kier alpha value is -1.39. The van der Waals surface area contributed by atoms with Crippen LogP contribution in [0.25, 0.3) is 16.9 Å². The molecule has 3 nitrogen and oxygen atoms in total. The molecular formula is C13H12ClN3S. The van der Waals surface area contributed by atoms with E-state index in [2.05, 4.69) is 31.4 Å². The van der Waals surface area contributed by atoms with Crippen LogP contribution in [0.4, 0.5) is 0 Å². The third-order valence-corrected chi connectivity index (χ3v) is 3.66. The number of alkyl halides is 1. The highest BCUT2D eigenvalue weighted by Gasteiger charge is 2.13. The molecule has 3 rings (SSSR count). The first-order valence-corrected chi connectivity index (χ1v) is 7.21. The standard InChI is InChI=1S/C13H12ClN3S/c1-9-2-3-11-13(15-9)17(10-5-7-18-8-10)12(16-11)4-6-14/h2-3,5,7-8H,4,6H2,1H3. The molecule has 0 unspecified atom stereocenters. The highest BCUT2D eigenvalue weighted by atomic mass is 35.5. The molecular weight excluding hydrogens is 266 g/mol. The number of rotatable bonds is 3. The van der Waals surface area contributed by atoms with Gasteiger partial charge >= 0.3 is 0 Å². The van der Waals surface area contributed by atoms with Gasteiger partial charge in [0.2, 0.25) is 0 Å². The van der Waals surface area contributed by atoms with Crippen LogP contribution in [0.15, 0.2) is 29.0 Å². The fourth-order valence-corrected chi connectivity index (χ4v) is 2.80. The Morgan fingerprint density at radius 2 is 2.17 bits per heavy atom. The van der Waals surface area contributed by atoms with Crippen LogP contribution in [0, 0.1) is 6.92 Å². The third kappa shape index (κ3) is 1.91. The Labute approximate surface area is 114 Å². The molecule has 92 valence electrons. The molecule has 5 heteroatoms. The summed E-state index contributed by atoms with van der Waals surface area (Å²) in [5, 5.41) is 4.16. The molecule has 0 aliphatic heterocycles. The van der Waals surface area contributed by atoms with Gasteiger partial charge in [-0.3, -0.25) is 4.57 Å². The van der Waals surface area contributed by atoms with Gasteiger partial charge in [-0.15, -0.1) is 11.6 Å². The first kappa shape index (κ1) is 11.7. The molecule has 0 spiro atoms. The number of imidazole rings is 1. The molecule has 0 bridgehead atoms. The van der Waals surface area contributed by atoms with Crippen molar-refractivity contribution in [2.24, 2.45) is 0 Å². The van der Waals surface area contributed by atoms with Crippen molar-refractivity contribution in [3.8, 4) is 5.69 Å². The molecule has 0 radical (unpaired) electrons. The minimum absolute atomic E-state index is 0.562. The molecule has 0 saturated carbocycles. The molecule has 3 heterocycles. The Morgan fingerprint density at radius 3 is 2.89 bits per heavy atom. The van der Waals surface area contributed by atoms with Gasteiger partial charge in [-0.1, -0.05) is 0 Å². The van der Waals surface area contributed by atoms with Crippen LogP contribution in [-0.4, -0.2) is 20.4 Å². The van der Waals surface area contributed by atoms with Gasteiger partial charge in [0.15, 0.2) is 5.65 Å². The summed E-state index contributed by atoms with van der Waals surface area (Å²) >= 11 is 7.53. The fraction of sp³-hybridized carbons (Fsp3) is 0.231. The highest BCUT2D eigenvalue weighted by Crippen LogP contribution is 2.22. The molecule has 0 aliphatic rings. The molecule has 0 aliphatic carbocycles. The number of aromatic nitrogens is 3. The lowest BCUT2D eigenvalue weighted by molar-refractivity contribution is 0.907. The fourth-order valence-electron chi connectivity index (χ4n) is 2.01. The van der Waals surface area contributed by atoms with E-state index in [0.717, 1.165) is 34.8 Å². The maximum absolute atomic E-state index is 5.86. The molecule has 3 aromatic rings. The second-order valence-electron chi connectivity index (χ2n) is 4.08. The van der Waals surface area contributed by atoms with E-state index in [4.69, 9.17) is 11.6 Å². The lowest BCUT2D eigenvalue weighted by Gasteiger charge is -2.05. The van der Waals surface area contributed by atoms with Crippen LogP contribution < -0.4 is 0 Å². The molecule has 0 saturated heterocycles. The summed E-state index contributed by atoms with van der Waals surface area (Å²) in [4.78, 5) is 9.22. The Kier molecular flexibility index (Phi) is 3.06. The van der Waals surface area contributed by atoms with E-state index in [0.29, 0.717) is 5.88 Å². The number of aryl methyl sites for hydroxylation is 2. The zero-order valence-electron chi connectivity index (χ0n) is 9.93. The summed E-state index contributed by atoms with van der Waals surface area (Å²) in [5.74, 6) is 1.53. The lowest BCUT2D eigenvalue weighted by Crippen LogP contribution is -2.02. The summed E-state index contributed by atoms with van der Waals surface area (Å²) in [6.07, 6.45) is 0.743. The number of halogens is 1. The van der Waals surface area contributed by atoms with E-state index in [-0.39, 0.29) is 0 Å². The number of pyridine rings is 1. The van der Waals surface area contributed by atoms with Crippen molar-refractivity contribution in [2.45, 2.75) is 13.3 Å². The predicted octanol–water partition coefficient (Wildman–Crippen LogP) is 3.57. The monoisotopic (exact) mass is 277 g/mol. The lowest BCUT2D eigenvalue weighted by atomic mass is 10.3. The van der Waals surface area contributed by atoms with Crippen molar-refractivity contribution in [1.29, 1.82) is 0 Å². The number of hydrogen-bond donors (Lipinski definition) is 0. The van der Waals surface area contributed by atoms with Gasteiger partial charge in [0.25, 0.3) is 0 Å². The zero-order valence-corrected chi connectivity index (χ0v) is 11.5. The quantitative estimate of drug-likeness (QED) is 0.685. The molecule has 0 atom stereocenters. The van der Waals surface area contributed by atoms with Crippen LogP contribution in [0.5, 0.6) is 0 Å². The first-order valence-electron chi connectivity index (χ1n) is 5.73. The minimum Gasteiger partial charge on any atom is -0.280 e. The van der Waals surface area contributed by atoms with Crippen LogP contribution in [-0.2, 0) is 6.42 Å². The largest absolute Gasteiger partial charge is 0.280 e. The van der Waals surface area contributed by atoms with E-state index in [9.17, 15) is 0 Å². The summed E-state index contributed by atoms with van der Waals surface area (Å²) < 4.78 is 2.10. The normalized spacial score (nSPS) is 11.2. The molecule has 0 amide bonds. The van der Waals surface area contributed by atoms with E-state index in [1.54, 1.807) is 11.3 Å². The van der Waals surface area contributed by atoms with Crippen LogP contribution in [0.1, 0.15) is 11.5 Å². The van der Waals surface area contributed by atoms with Gasteiger partial charge in [-0.25, -0.2) is 9.97 Å². The second-order valence-corrected chi connectivity index (χ2v) is 5.24. The SMILES string of the molecule is Cc1ccc2nc(CCCl)n(-c3ccsc3)c2n1. The average Bonchev–Trinajstić information content (AvgIpc) is 2.95. The van der Waals surface area contributed by atoms with Crippen molar-refractivity contribution in [3.63, 3.8) is 0 Å². The van der Waals surface area contributed by atoms with Gasteiger partial charge in [0.1, 0.15) is 11.3 Å². The third-order valence-electron chi connectivity index (χ3n) is 2.80. The van der Waals surface area contributed by atoms with Gasteiger partial charge < -0.3 is 0 Å². The van der Waals surface area contributed by atoms with Crippen molar-refractivity contribution in [2.75, 3.05) is 5.88 Å². The number of nitrogens with zero attached hydrogens (tertiary/aromatic N) is 3. The van der Waals surface area contributed by atoms with Gasteiger partial charge in [-0.05, 0) is 30.5 Å². The Balaban J connectivity index is 2.30. The maximum atomic E-state index is 5.86.